The van der Waals surface area contributed by atoms with Crippen LogP contribution < -0.4 is 14.9 Å². The molecular formula is C19H18O7. The van der Waals surface area contributed by atoms with E-state index in [-0.39, 0.29) is 45.8 Å². The summed E-state index contributed by atoms with van der Waals surface area (Å²) in [7, 11) is 1.30. The molecule has 0 amide bonds. The van der Waals surface area contributed by atoms with Crippen molar-refractivity contribution >= 4 is 11.0 Å². The zero-order valence-corrected chi connectivity index (χ0v) is 14.4. The summed E-state index contributed by atoms with van der Waals surface area (Å²) in [5.41, 5.74) is -0.134. The van der Waals surface area contributed by atoms with Crippen LogP contribution in [0.15, 0.2) is 39.5 Å². The summed E-state index contributed by atoms with van der Waals surface area (Å²) >= 11 is 0. The molecule has 0 spiro atoms. The van der Waals surface area contributed by atoms with Crippen LogP contribution in [-0.4, -0.2) is 28.5 Å². The van der Waals surface area contributed by atoms with Gasteiger partial charge in [0.2, 0.25) is 11.2 Å². The lowest BCUT2D eigenvalue weighted by Crippen LogP contribution is -2.09. The Balaban J connectivity index is 2.32. The Kier molecular flexibility index (Phi) is 4.38. The van der Waals surface area contributed by atoms with Crippen molar-refractivity contribution in [3.05, 3.63) is 40.6 Å². The largest absolute Gasteiger partial charge is 0.507 e. The second-order valence-electron chi connectivity index (χ2n) is 5.98. The van der Waals surface area contributed by atoms with E-state index in [0.29, 0.717) is 11.3 Å². The van der Waals surface area contributed by atoms with Gasteiger partial charge in [-0.25, -0.2) is 0 Å². The molecule has 0 saturated heterocycles. The highest BCUT2D eigenvalue weighted by molar-refractivity contribution is 5.88. The molecule has 3 aromatic rings. The first kappa shape index (κ1) is 17.5. The van der Waals surface area contributed by atoms with Gasteiger partial charge in [0, 0.05) is 17.7 Å². The minimum Gasteiger partial charge on any atom is -0.507 e. The Labute approximate surface area is 148 Å². The van der Waals surface area contributed by atoms with Gasteiger partial charge in [-0.3, -0.25) is 4.79 Å². The van der Waals surface area contributed by atoms with E-state index in [1.165, 1.54) is 37.4 Å². The van der Waals surface area contributed by atoms with Crippen LogP contribution in [0.5, 0.6) is 28.7 Å². The smallest absolute Gasteiger partial charge is 0.239 e. The minimum atomic E-state index is -0.565. The molecule has 7 nitrogen and oxygen atoms in total. The molecule has 1 heterocycles. The second kappa shape index (κ2) is 6.51. The molecule has 0 saturated carbocycles. The maximum atomic E-state index is 12.8. The lowest BCUT2D eigenvalue weighted by atomic mass is 10.1. The van der Waals surface area contributed by atoms with Crippen LogP contribution in [0.3, 0.4) is 0 Å². The van der Waals surface area contributed by atoms with Gasteiger partial charge in [-0.15, -0.1) is 0 Å². The van der Waals surface area contributed by atoms with E-state index in [1.54, 1.807) is 0 Å². The van der Waals surface area contributed by atoms with Gasteiger partial charge < -0.3 is 29.2 Å². The van der Waals surface area contributed by atoms with Crippen molar-refractivity contribution in [1.29, 1.82) is 0 Å². The van der Waals surface area contributed by atoms with E-state index in [9.17, 15) is 20.1 Å². The molecule has 26 heavy (non-hydrogen) atoms. The monoisotopic (exact) mass is 358 g/mol. The number of methoxy groups -OCH3 is 1. The van der Waals surface area contributed by atoms with Gasteiger partial charge >= 0.3 is 0 Å². The van der Waals surface area contributed by atoms with Crippen molar-refractivity contribution in [2.24, 2.45) is 0 Å². The molecule has 136 valence electrons. The fraction of sp³-hybridized carbons (Fsp3) is 0.211. The fourth-order valence-corrected chi connectivity index (χ4v) is 2.64. The summed E-state index contributed by atoms with van der Waals surface area (Å²) in [5, 5.41) is 29.4. The van der Waals surface area contributed by atoms with Crippen molar-refractivity contribution < 1.29 is 29.2 Å². The van der Waals surface area contributed by atoms with Gasteiger partial charge in [-0.2, -0.15) is 0 Å². The third-order valence-electron chi connectivity index (χ3n) is 3.72. The summed E-state index contributed by atoms with van der Waals surface area (Å²) in [6.45, 7) is 3.66. The zero-order chi connectivity index (χ0) is 19.0. The molecule has 0 atom stereocenters. The van der Waals surface area contributed by atoms with Crippen molar-refractivity contribution in [2.75, 3.05) is 7.11 Å². The van der Waals surface area contributed by atoms with Crippen LogP contribution in [0, 0.1) is 0 Å². The molecule has 0 bridgehead atoms. The SMILES string of the molecule is COc1c(-c2ccc(O)c(O)c2)oc2cc(OC(C)C)cc(O)c2c1=O. The molecule has 0 radical (unpaired) electrons. The Morgan fingerprint density at radius 2 is 1.73 bits per heavy atom. The molecular weight excluding hydrogens is 340 g/mol. The molecule has 7 heteroatoms. The Morgan fingerprint density at radius 3 is 2.35 bits per heavy atom. The number of hydrogen-bond acceptors (Lipinski definition) is 7. The Bertz CT molecular complexity index is 1030. The summed E-state index contributed by atoms with van der Waals surface area (Å²) in [6.07, 6.45) is -0.134. The van der Waals surface area contributed by atoms with Gasteiger partial charge in [-0.1, -0.05) is 0 Å². The van der Waals surface area contributed by atoms with Crippen LogP contribution in [0.4, 0.5) is 0 Å². The number of hydrogen-bond donors (Lipinski definition) is 3. The van der Waals surface area contributed by atoms with Gasteiger partial charge in [0.15, 0.2) is 17.3 Å². The molecule has 2 aromatic carbocycles. The third-order valence-corrected chi connectivity index (χ3v) is 3.72. The summed E-state index contributed by atoms with van der Waals surface area (Å²) in [5.74, 6) is -0.687. The summed E-state index contributed by atoms with van der Waals surface area (Å²) < 4.78 is 16.5. The van der Waals surface area contributed by atoms with Gasteiger partial charge in [0.25, 0.3) is 0 Å². The van der Waals surface area contributed by atoms with Gasteiger partial charge in [0.1, 0.15) is 22.5 Å². The zero-order valence-electron chi connectivity index (χ0n) is 14.4. The van der Waals surface area contributed by atoms with Crippen LogP contribution in [0.25, 0.3) is 22.3 Å². The maximum absolute atomic E-state index is 12.8. The number of ether oxygens (including phenoxy) is 2. The molecule has 0 unspecified atom stereocenters. The van der Waals surface area contributed by atoms with Crippen LogP contribution >= 0.6 is 0 Å². The number of benzene rings is 2. The lowest BCUT2D eigenvalue weighted by molar-refractivity contribution is 0.241. The number of fused-ring (bicyclic) bond motifs is 1. The van der Waals surface area contributed by atoms with E-state index < -0.39 is 5.43 Å². The molecule has 3 N–H and O–H groups in total. The van der Waals surface area contributed by atoms with Crippen molar-refractivity contribution in [1.82, 2.24) is 0 Å². The quantitative estimate of drug-likeness (QED) is 0.613. The number of phenolic OH excluding ortho intramolecular Hbond substituents is 3. The van der Waals surface area contributed by atoms with Crippen LogP contribution in [0.1, 0.15) is 13.8 Å². The van der Waals surface area contributed by atoms with Crippen molar-refractivity contribution in [3.8, 4) is 40.1 Å². The predicted molar refractivity (Wildman–Crippen MR) is 95.2 cm³/mol. The average molecular weight is 358 g/mol. The number of phenols is 3. The molecule has 1 aromatic heterocycles. The third kappa shape index (κ3) is 2.99. The van der Waals surface area contributed by atoms with Gasteiger partial charge in [-0.05, 0) is 32.0 Å². The first-order chi connectivity index (χ1) is 12.3. The highest BCUT2D eigenvalue weighted by Gasteiger charge is 2.21. The van der Waals surface area contributed by atoms with E-state index in [4.69, 9.17) is 13.9 Å². The van der Waals surface area contributed by atoms with Crippen molar-refractivity contribution in [3.63, 3.8) is 0 Å². The predicted octanol–water partition coefficient (Wildman–Crippen LogP) is 3.37. The molecule has 0 fully saturated rings. The number of rotatable bonds is 4. The topological polar surface area (TPSA) is 109 Å². The summed E-state index contributed by atoms with van der Waals surface area (Å²) in [4.78, 5) is 12.8. The normalized spacial score (nSPS) is 11.1. The van der Waals surface area contributed by atoms with E-state index in [1.807, 2.05) is 13.8 Å². The number of aromatic hydroxyl groups is 3. The summed E-state index contributed by atoms with van der Waals surface area (Å²) in [6, 6.07) is 6.82. The molecule has 0 aliphatic heterocycles. The molecule has 3 rings (SSSR count). The molecule has 0 aliphatic carbocycles. The first-order valence-electron chi connectivity index (χ1n) is 7.88. The second-order valence-corrected chi connectivity index (χ2v) is 5.98. The van der Waals surface area contributed by atoms with Crippen LogP contribution in [-0.2, 0) is 0 Å². The van der Waals surface area contributed by atoms with E-state index in [0.717, 1.165) is 0 Å². The standard InChI is InChI=1S/C19H18O7/c1-9(2)25-11-7-14(22)16-15(8-11)26-18(19(24-3)17(16)23)10-4-5-12(20)13(21)6-10/h4-9,20-22H,1-3H3. The average Bonchev–Trinajstić information content (AvgIpc) is 2.56. The highest BCUT2D eigenvalue weighted by atomic mass is 16.5. The highest BCUT2D eigenvalue weighted by Crippen LogP contribution is 2.38. The Hall–Kier alpha value is -3.35. The maximum Gasteiger partial charge on any atom is 0.239 e. The van der Waals surface area contributed by atoms with E-state index >= 15 is 0 Å². The molecule has 0 aliphatic rings. The lowest BCUT2D eigenvalue weighted by Gasteiger charge is -2.13. The van der Waals surface area contributed by atoms with E-state index in [2.05, 4.69) is 0 Å². The first-order valence-corrected chi connectivity index (χ1v) is 7.88. The minimum absolute atomic E-state index is 0.0373. The van der Waals surface area contributed by atoms with Gasteiger partial charge in [0.05, 0.1) is 13.2 Å². The van der Waals surface area contributed by atoms with Crippen LogP contribution in [0.2, 0.25) is 0 Å². The Morgan fingerprint density at radius 1 is 1.00 bits per heavy atom. The fourth-order valence-electron chi connectivity index (χ4n) is 2.64. The van der Waals surface area contributed by atoms with Crippen molar-refractivity contribution in [2.45, 2.75) is 20.0 Å².